The number of aromatic nitrogens is 1. The number of nitrogens with zero attached hydrogens (tertiary/aromatic N) is 2. The fourth-order valence-corrected chi connectivity index (χ4v) is 1.32. The van der Waals surface area contributed by atoms with Crippen LogP contribution in [0.25, 0.3) is 0 Å². The van der Waals surface area contributed by atoms with Gasteiger partial charge >= 0.3 is 5.97 Å². The lowest BCUT2D eigenvalue weighted by Crippen LogP contribution is -2.25. The van der Waals surface area contributed by atoms with Gasteiger partial charge in [-0.1, -0.05) is 0 Å². The van der Waals surface area contributed by atoms with Crippen molar-refractivity contribution in [2.75, 3.05) is 17.6 Å². The van der Waals surface area contributed by atoms with E-state index >= 15 is 0 Å². The zero-order valence-electron chi connectivity index (χ0n) is 8.21. The van der Waals surface area contributed by atoms with Gasteiger partial charge in [0.05, 0.1) is 11.8 Å². The average Bonchev–Trinajstić information content (AvgIpc) is 2.15. The van der Waals surface area contributed by atoms with E-state index < -0.39 is 16.0 Å². The van der Waals surface area contributed by atoms with E-state index in [9.17, 15) is 13.2 Å². The zero-order chi connectivity index (χ0) is 11.6. The van der Waals surface area contributed by atoms with Gasteiger partial charge in [0.15, 0.2) is 0 Å². The van der Waals surface area contributed by atoms with Crippen LogP contribution in [0.15, 0.2) is 18.3 Å². The summed E-state index contributed by atoms with van der Waals surface area (Å²) in [6.45, 7) is 0. The van der Waals surface area contributed by atoms with Crippen molar-refractivity contribution in [3.63, 3.8) is 0 Å². The van der Waals surface area contributed by atoms with E-state index in [0.717, 1.165) is 16.8 Å². The lowest BCUT2D eigenvalue weighted by Gasteiger charge is -2.14. The Labute approximate surface area is 87.2 Å². The van der Waals surface area contributed by atoms with E-state index in [-0.39, 0.29) is 11.4 Å². The average molecular weight is 230 g/mol. The molecule has 0 saturated carbocycles. The fraction of sp³-hybridized carbons (Fsp3) is 0.250. The molecule has 15 heavy (non-hydrogen) atoms. The molecule has 0 saturated heterocycles. The van der Waals surface area contributed by atoms with Crippen molar-refractivity contribution in [1.29, 1.82) is 0 Å². The van der Waals surface area contributed by atoms with Crippen LogP contribution in [-0.2, 0) is 10.0 Å². The highest BCUT2D eigenvalue weighted by Crippen LogP contribution is 2.12. The standard InChI is InChI=1S/C8H10N2O4S/c1-10(15(2,13)14)7-4-3-6(5-9-7)8(11)12/h3-5H,1-2H3,(H,11,12). The number of carboxylic acids is 1. The SMILES string of the molecule is CN(c1ccc(C(=O)O)cn1)S(C)(=O)=O. The van der Waals surface area contributed by atoms with E-state index in [1.807, 2.05) is 0 Å². The Kier molecular flexibility index (Phi) is 2.94. The first-order valence-electron chi connectivity index (χ1n) is 3.95. The first-order chi connectivity index (χ1) is 6.82. The van der Waals surface area contributed by atoms with Gasteiger partial charge in [0.25, 0.3) is 0 Å². The summed E-state index contributed by atoms with van der Waals surface area (Å²) in [6, 6.07) is 2.64. The van der Waals surface area contributed by atoms with Crippen molar-refractivity contribution in [1.82, 2.24) is 4.98 Å². The Balaban J connectivity index is 3.05. The number of hydrogen-bond acceptors (Lipinski definition) is 4. The van der Waals surface area contributed by atoms with Gasteiger partial charge in [-0.15, -0.1) is 0 Å². The number of aromatic carboxylic acids is 1. The maximum atomic E-state index is 11.1. The van der Waals surface area contributed by atoms with E-state index in [4.69, 9.17) is 5.11 Å². The number of carbonyl (C=O) groups is 1. The molecule has 0 spiro atoms. The van der Waals surface area contributed by atoms with Crippen LogP contribution in [0.2, 0.25) is 0 Å². The summed E-state index contributed by atoms with van der Waals surface area (Å²) in [5.74, 6) is -0.918. The molecule has 1 aromatic rings. The third-order valence-electron chi connectivity index (χ3n) is 1.81. The van der Waals surface area contributed by atoms with Gasteiger partial charge in [0.2, 0.25) is 10.0 Å². The molecule has 82 valence electrons. The van der Waals surface area contributed by atoms with Crippen LogP contribution in [0.4, 0.5) is 5.82 Å². The molecule has 0 atom stereocenters. The minimum Gasteiger partial charge on any atom is -0.478 e. The van der Waals surface area contributed by atoms with Crippen LogP contribution < -0.4 is 4.31 Å². The van der Waals surface area contributed by atoms with Crippen molar-refractivity contribution >= 4 is 21.8 Å². The molecule has 0 aliphatic carbocycles. The third kappa shape index (κ3) is 2.66. The molecule has 0 fully saturated rings. The minimum absolute atomic E-state index is 0.0145. The maximum Gasteiger partial charge on any atom is 0.337 e. The maximum absolute atomic E-state index is 11.1. The van der Waals surface area contributed by atoms with E-state index in [1.165, 1.54) is 19.2 Å². The van der Waals surface area contributed by atoms with Gasteiger partial charge in [-0.3, -0.25) is 4.31 Å². The molecule has 0 aromatic carbocycles. The van der Waals surface area contributed by atoms with Crippen LogP contribution >= 0.6 is 0 Å². The topological polar surface area (TPSA) is 87.6 Å². The van der Waals surface area contributed by atoms with Crippen molar-refractivity contribution in [3.8, 4) is 0 Å². The Morgan fingerprint density at radius 3 is 2.40 bits per heavy atom. The molecule has 0 aliphatic rings. The van der Waals surface area contributed by atoms with Crippen LogP contribution in [-0.4, -0.2) is 37.8 Å². The second-order valence-electron chi connectivity index (χ2n) is 2.94. The number of hydrogen-bond donors (Lipinski definition) is 1. The van der Waals surface area contributed by atoms with Gasteiger partial charge in [-0.05, 0) is 12.1 Å². The molecule has 1 rings (SSSR count). The first-order valence-corrected chi connectivity index (χ1v) is 5.80. The number of pyridine rings is 1. The van der Waals surface area contributed by atoms with Gasteiger partial charge in [0, 0.05) is 13.2 Å². The predicted octanol–water partition coefficient (Wildman–Crippen LogP) is 0.176. The molecule has 7 heteroatoms. The number of carboxylic acid groups (broad SMARTS) is 1. The monoisotopic (exact) mass is 230 g/mol. The summed E-state index contributed by atoms with van der Waals surface area (Å²) in [4.78, 5) is 14.2. The highest BCUT2D eigenvalue weighted by molar-refractivity contribution is 7.92. The molecule has 0 aliphatic heterocycles. The largest absolute Gasteiger partial charge is 0.478 e. The Morgan fingerprint density at radius 2 is 2.07 bits per heavy atom. The second kappa shape index (κ2) is 3.85. The molecular weight excluding hydrogens is 220 g/mol. The van der Waals surface area contributed by atoms with Gasteiger partial charge in [0.1, 0.15) is 5.82 Å². The Bertz CT molecular complexity index is 466. The molecule has 0 radical (unpaired) electrons. The molecule has 1 heterocycles. The quantitative estimate of drug-likeness (QED) is 0.800. The van der Waals surface area contributed by atoms with E-state index in [0.29, 0.717) is 0 Å². The van der Waals surface area contributed by atoms with Crippen LogP contribution in [0.3, 0.4) is 0 Å². The van der Waals surface area contributed by atoms with Gasteiger partial charge in [-0.25, -0.2) is 18.2 Å². The van der Waals surface area contributed by atoms with E-state index in [1.54, 1.807) is 0 Å². The molecule has 1 aromatic heterocycles. The second-order valence-corrected chi connectivity index (χ2v) is 4.95. The third-order valence-corrected chi connectivity index (χ3v) is 3.00. The molecule has 0 unspecified atom stereocenters. The van der Waals surface area contributed by atoms with Crippen LogP contribution in [0.5, 0.6) is 0 Å². The molecule has 0 amide bonds. The Morgan fingerprint density at radius 1 is 1.47 bits per heavy atom. The number of rotatable bonds is 3. The molecule has 0 bridgehead atoms. The normalized spacial score (nSPS) is 11.1. The smallest absolute Gasteiger partial charge is 0.337 e. The molecule has 6 nitrogen and oxygen atoms in total. The molecule has 1 N–H and O–H groups in total. The summed E-state index contributed by atoms with van der Waals surface area (Å²) < 4.78 is 23.2. The summed E-state index contributed by atoms with van der Waals surface area (Å²) in [5, 5.41) is 8.60. The fourth-order valence-electron chi connectivity index (χ4n) is 0.869. The van der Waals surface area contributed by atoms with Gasteiger partial charge in [-0.2, -0.15) is 0 Å². The van der Waals surface area contributed by atoms with Crippen molar-refractivity contribution in [3.05, 3.63) is 23.9 Å². The summed E-state index contributed by atoms with van der Waals surface area (Å²) in [5.41, 5.74) is 0.0145. The van der Waals surface area contributed by atoms with Crippen molar-refractivity contribution in [2.45, 2.75) is 0 Å². The zero-order valence-corrected chi connectivity index (χ0v) is 9.02. The number of anilines is 1. The lowest BCUT2D eigenvalue weighted by molar-refractivity contribution is 0.0696. The van der Waals surface area contributed by atoms with Crippen LogP contribution in [0, 0.1) is 0 Å². The summed E-state index contributed by atoms with van der Waals surface area (Å²) in [7, 11) is -2.02. The summed E-state index contributed by atoms with van der Waals surface area (Å²) in [6.07, 6.45) is 2.15. The highest BCUT2D eigenvalue weighted by Gasteiger charge is 2.13. The first kappa shape index (κ1) is 11.4. The number of sulfonamides is 1. The predicted molar refractivity (Wildman–Crippen MR) is 54.4 cm³/mol. The van der Waals surface area contributed by atoms with E-state index in [2.05, 4.69) is 4.98 Å². The minimum atomic E-state index is -3.37. The summed E-state index contributed by atoms with van der Waals surface area (Å²) >= 11 is 0. The lowest BCUT2D eigenvalue weighted by atomic mass is 10.3. The van der Waals surface area contributed by atoms with Gasteiger partial charge < -0.3 is 5.11 Å². The Hall–Kier alpha value is -1.63. The van der Waals surface area contributed by atoms with Crippen molar-refractivity contribution in [2.24, 2.45) is 0 Å². The van der Waals surface area contributed by atoms with Crippen molar-refractivity contribution < 1.29 is 18.3 Å². The highest BCUT2D eigenvalue weighted by atomic mass is 32.2. The van der Waals surface area contributed by atoms with Crippen LogP contribution in [0.1, 0.15) is 10.4 Å². The molecular formula is C8H10N2O4S.